The van der Waals surface area contributed by atoms with Crippen LogP contribution in [0, 0.1) is 0 Å². The summed E-state index contributed by atoms with van der Waals surface area (Å²) < 4.78 is 0. The summed E-state index contributed by atoms with van der Waals surface area (Å²) >= 11 is 7.12. The molecule has 0 aliphatic carbocycles. The summed E-state index contributed by atoms with van der Waals surface area (Å²) in [7, 11) is 0. The number of thioether (sulfide) groups is 1. The van der Waals surface area contributed by atoms with E-state index in [0.717, 1.165) is 5.56 Å². The van der Waals surface area contributed by atoms with Crippen LogP contribution in [0.1, 0.15) is 17.7 Å². The Bertz CT molecular complexity index is 688. The number of aromatic amines is 1. The molecular weight excluding hydrogens is 314 g/mol. The van der Waals surface area contributed by atoms with Gasteiger partial charge in [-0.25, -0.2) is 0 Å². The number of aromatic nitrogens is 3. The van der Waals surface area contributed by atoms with E-state index >= 15 is 0 Å². The molecule has 1 aromatic heterocycles. The average Bonchev–Trinajstić information content (AvgIpc) is 2.45. The fraction of sp³-hybridized carbons (Fsp3) is 0.231. The van der Waals surface area contributed by atoms with Crippen LogP contribution in [0.2, 0.25) is 5.02 Å². The second-order valence-corrected chi connectivity index (χ2v) is 5.59. The summed E-state index contributed by atoms with van der Waals surface area (Å²) in [6.07, 6.45) is -0.248. The highest BCUT2D eigenvalue weighted by atomic mass is 35.5. The maximum atomic E-state index is 11.7. The van der Waals surface area contributed by atoms with Gasteiger partial charge < -0.3 is 9.90 Å². The van der Waals surface area contributed by atoms with Gasteiger partial charge in [-0.2, -0.15) is 0 Å². The third-order valence-corrected chi connectivity index (χ3v) is 3.79. The fourth-order valence-corrected chi connectivity index (χ4v) is 2.41. The van der Waals surface area contributed by atoms with Crippen molar-refractivity contribution < 1.29 is 9.90 Å². The van der Waals surface area contributed by atoms with Crippen molar-refractivity contribution >= 4 is 29.3 Å². The van der Waals surface area contributed by atoms with E-state index < -0.39 is 11.5 Å². The van der Waals surface area contributed by atoms with Crippen LogP contribution in [0.25, 0.3) is 0 Å². The zero-order valence-electron chi connectivity index (χ0n) is 10.8. The number of nitrogens with one attached hydrogen (secondary N) is 1. The van der Waals surface area contributed by atoms with Gasteiger partial charge in [-0.1, -0.05) is 35.5 Å². The van der Waals surface area contributed by atoms with Crippen LogP contribution < -0.4 is 10.7 Å². The quantitative estimate of drug-likeness (QED) is 0.789. The summed E-state index contributed by atoms with van der Waals surface area (Å²) in [6, 6.07) is 7.34. The standard InChI is InChI=1S/C13H12ClN3O3S/c14-9-3-1-8(2-4-9)7-21-13-15-12(20)10(16-17-13)5-6-11(18)19/h1-4H,5-7H2,(H,18,19)(H,15,17,20)/p-1. The Labute approximate surface area is 129 Å². The van der Waals surface area contributed by atoms with Crippen LogP contribution in [0.15, 0.2) is 34.2 Å². The molecule has 6 nitrogen and oxygen atoms in total. The van der Waals surface area contributed by atoms with E-state index in [1.807, 2.05) is 12.1 Å². The minimum atomic E-state index is -1.22. The van der Waals surface area contributed by atoms with E-state index in [-0.39, 0.29) is 18.5 Å². The van der Waals surface area contributed by atoms with Crippen molar-refractivity contribution in [1.29, 1.82) is 0 Å². The zero-order chi connectivity index (χ0) is 15.2. The number of carbonyl (C=O) groups excluding carboxylic acids is 1. The molecule has 1 aromatic carbocycles. The molecule has 0 atom stereocenters. The van der Waals surface area contributed by atoms with Gasteiger partial charge in [0.1, 0.15) is 5.69 Å². The number of carboxylic acids is 1. The number of rotatable bonds is 6. The molecular formula is C13H11ClN3O3S-. The molecule has 2 rings (SSSR count). The number of halogens is 1. The van der Waals surface area contributed by atoms with Gasteiger partial charge >= 0.3 is 0 Å². The number of hydrogen-bond donors (Lipinski definition) is 1. The van der Waals surface area contributed by atoms with Crippen LogP contribution >= 0.6 is 23.4 Å². The van der Waals surface area contributed by atoms with E-state index in [1.54, 1.807) is 12.1 Å². The molecule has 0 saturated heterocycles. The van der Waals surface area contributed by atoms with Gasteiger partial charge in [0, 0.05) is 23.2 Å². The summed E-state index contributed by atoms with van der Waals surface area (Å²) in [6.45, 7) is 0. The predicted octanol–water partition coefficient (Wildman–Crippen LogP) is 0.793. The first-order valence-electron chi connectivity index (χ1n) is 6.07. The predicted molar refractivity (Wildman–Crippen MR) is 77.0 cm³/mol. The van der Waals surface area contributed by atoms with E-state index in [4.69, 9.17) is 11.6 Å². The number of H-pyrrole nitrogens is 1. The molecule has 0 amide bonds. The lowest BCUT2D eigenvalue weighted by Crippen LogP contribution is -2.25. The first-order valence-corrected chi connectivity index (χ1v) is 7.44. The number of nitrogens with zero attached hydrogens (tertiary/aromatic N) is 2. The topological polar surface area (TPSA) is 98.8 Å². The van der Waals surface area contributed by atoms with E-state index in [1.165, 1.54) is 11.8 Å². The molecule has 21 heavy (non-hydrogen) atoms. The second-order valence-electron chi connectivity index (χ2n) is 4.19. The molecule has 2 aromatic rings. The van der Waals surface area contributed by atoms with Crippen molar-refractivity contribution in [2.24, 2.45) is 0 Å². The number of aryl methyl sites for hydroxylation is 1. The van der Waals surface area contributed by atoms with E-state index in [0.29, 0.717) is 15.9 Å². The van der Waals surface area contributed by atoms with Crippen LogP contribution in [0.5, 0.6) is 0 Å². The summed E-state index contributed by atoms with van der Waals surface area (Å²) in [5, 5.41) is 19.0. The molecule has 0 spiro atoms. The average molecular weight is 325 g/mol. The molecule has 8 heteroatoms. The molecule has 0 unspecified atom stereocenters. The largest absolute Gasteiger partial charge is 0.550 e. The highest BCUT2D eigenvalue weighted by Crippen LogP contribution is 2.19. The van der Waals surface area contributed by atoms with Crippen LogP contribution in [-0.4, -0.2) is 21.2 Å². The van der Waals surface area contributed by atoms with Crippen molar-refractivity contribution in [1.82, 2.24) is 15.2 Å². The molecule has 1 heterocycles. The maximum Gasteiger partial charge on any atom is 0.273 e. The highest BCUT2D eigenvalue weighted by molar-refractivity contribution is 7.98. The van der Waals surface area contributed by atoms with Crippen LogP contribution in [0.3, 0.4) is 0 Å². The number of hydrogen-bond acceptors (Lipinski definition) is 6. The molecule has 0 aliphatic rings. The van der Waals surface area contributed by atoms with Gasteiger partial charge in [0.05, 0.1) is 0 Å². The van der Waals surface area contributed by atoms with Gasteiger partial charge in [0.2, 0.25) is 0 Å². The molecule has 1 N–H and O–H groups in total. The maximum absolute atomic E-state index is 11.7. The first-order chi connectivity index (χ1) is 10.0. The third kappa shape index (κ3) is 4.87. The molecule has 0 aliphatic heterocycles. The first kappa shape index (κ1) is 15.5. The smallest absolute Gasteiger partial charge is 0.273 e. The third-order valence-electron chi connectivity index (χ3n) is 2.60. The Morgan fingerprint density at radius 1 is 1.29 bits per heavy atom. The van der Waals surface area contributed by atoms with Gasteiger partial charge in [-0.3, -0.25) is 9.78 Å². The summed E-state index contributed by atoms with van der Waals surface area (Å²) in [4.78, 5) is 24.6. The number of carbonyl (C=O) groups is 1. The minimum absolute atomic E-state index is 0.00674. The normalized spacial score (nSPS) is 10.5. The van der Waals surface area contributed by atoms with Gasteiger partial charge in [0.25, 0.3) is 5.56 Å². The Kier molecular flexibility index (Phi) is 5.35. The molecule has 0 fully saturated rings. The fourth-order valence-electron chi connectivity index (χ4n) is 1.53. The molecule has 0 bridgehead atoms. The Hall–Kier alpha value is -1.86. The zero-order valence-corrected chi connectivity index (χ0v) is 12.4. The van der Waals surface area contributed by atoms with Crippen LogP contribution in [-0.2, 0) is 17.0 Å². The molecule has 110 valence electrons. The molecule has 0 radical (unpaired) electrons. The van der Waals surface area contributed by atoms with Gasteiger partial charge in [0.15, 0.2) is 5.16 Å². The van der Waals surface area contributed by atoms with Crippen molar-refractivity contribution in [3.63, 3.8) is 0 Å². The van der Waals surface area contributed by atoms with Gasteiger partial charge in [-0.15, -0.1) is 10.2 Å². The number of carboxylic acid groups (broad SMARTS) is 1. The Morgan fingerprint density at radius 3 is 2.62 bits per heavy atom. The molecule has 0 saturated carbocycles. The summed E-state index contributed by atoms with van der Waals surface area (Å²) in [5.41, 5.74) is 0.702. The highest BCUT2D eigenvalue weighted by Gasteiger charge is 2.06. The lowest BCUT2D eigenvalue weighted by molar-refractivity contribution is -0.305. The lowest BCUT2D eigenvalue weighted by Gasteiger charge is -2.03. The summed E-state index contributed by atoms with van der Waals surface area (Å²) in [5.74, 6) is -0.613. The minimum Gasteiger partial charge on any atom is -0.550 e. The van der Waals surface area contributed by atoms with E-state index in [2.05, 4.69) is 15.2 Å². The van der Waals surface area contributed by atoms with Crippen molar-refractivity contribution in [3.05, 3.63) is 50.9 Å². The number of aliphatic carboxylic acids is 1. The monoisotopic (exact) mass is 324 g/mol. The SMILES string of the molecule is O=C([O-])CCc1nnc(SCc2ccc(Cl)cc2)[nH]c1=O. The Morgan fingerprint density at radius 2 is 2.00 bits per heavy atom. The second kappa shape index (κ2) is 7.24. The van der Waals surface area contributed by atoms with Crippen molar-refractivity contribution in [2.45, 2.75) is 23.8 Å². The Balaban J connectivity index is 1.98. The van der Waals surface area contributed by atoms with Crippen molar-refractivity contribution in [3.8, 4) is 0 Å². The van der Waals surface area contributed by atoms with Crippen molar-refractivity contribution in [2.75, 3.05) is 0 Å². The number of benzene rings is 1. The van der Waals surface area contributed by atoms with Crippen LogP contribution in [0.4, 0.5) is 0 Å². The van der Waals surface area contributed by atoms with E-state index in [9.17, 15) is 14.7 Å². The van der Waals surface area contributed by atoms with Gasteiger partial charge in [-0.05, 0) is 24.1 Å². The lowest BCUT2D eigenvalue weighted by atomic mass is 10.2.